The van der Waals surface area contributed by atoms with Gasteiger partial charge in [-0.25, -0.2) is 13.5 Å². The van der Waals surface area contributed by atoms with Crippen LogP contribution in [0.2, 0.25) is 0 Å². The number of nitrogens with one attached hydrogen (secondary N) is 2. The molecular formula is C19H28F2N6. The van der Waals surface area contributed by atoms with Gasteiger partial charge in [0.15, 0.2) is 0 Å². The summed E-state index contributed by atoms with van der Waals surface area (Å²) in [4.78, 5) is 9.10. The predicted molar refractivity (Wildman–Crippen MR) is 103 cm³/mol. The summed E-state index contributed by atoms with van der Waals surface area (Å²) in [6.45, 7) is 9.07. The summed E-state index contributed by atoms with van der Waals surface area (Å²) in [7, 11) is 0. The maximum Gasteiger partial charge on any atom is 0.254 e. The fraction of sp³-hybridized carbons (Fsp3) is 0.632. The van der Waals surface area contributed by atoms with Gasteiger partial charge in [-0.3, -0.25) is 0 Å². The van der Waals surface area contributed by atoms with E-state index in [0.29, 0.717) is 30.4 Å². The molecule has 6 nitrogen and oxygen atoms in total. The molecule has 0 amide bonds. The van der Waals surface area contributed by atoms with Gasteiger partial charge in [0.25, 0.3) is 5.95 Å². The number of hydrogen-bond donors (Lipinski definition) is 2. The van der Waals surface area contributed by atoms with E-state index in [1.165, 1.54) is 0 Å². The van der Waals surface area contributed by atoms with E-state index in [4.69, 9.17) is 0 Å². The molecule has 2 heterocycles. The van der Waals surface area contributed by atoms with Crippen LogP contribution in [0.5, 0.6) is 0 Å². The Kier molecular flexibility index (Phi) is 5.35. The van der Waals surface area contributed by atoms with Crippen LogP contribution in [0, 0.1) is 12.3 Å². The molecule has 0 radical (unpaired) electrons. The molecule has 2 N–H and O–H groups in total. The number of aromatic nitrogens is 4. The molecule has 8 heteroatoms. The Bertz CT molecular complexity index is 771. The maximum atomic E-state index is 13.4. The van der Waals surface area contributed by atoms with Gasteiger partial charge in [-0.2, -0.15) is 15.1 Å². The first-order valence-corrected chi connectivity index (χ1v) is 9.40. The third-order valence-corrected chi connectivity index (χ3v) is 4.51. The van der Waals surface area contributed by atoms with Gasteiger partial charge in [-0.15, -0.1) is 0 Å². The number of anilines is 2. The van der Waals surface area contributed by atoms with E-state index in [1.807, 2.05) is 25.3 Å². The summed E-state index contributed by atoms with van der Waals surface area (Å²) < 4.78 is 28.4. The Morgan fingerprint density at radius 1 is 1.19 bits per heavy atom. The van der Waals surface area contributed by atoms with Crippen molar-refractivity contribution in [1.29, 1.82) is 0 Å². The molecule has 2 aromatic heterocycles. The number of alkyl halides is 2. The molecule has 0 aromatic carbocycles. The lowest BCUT2D eigenvalue weighted by atomic mass is 9.92. The first kappa shape index (κ1) is 19.5. The van der Waals surface area contributed by atoms with Gasteiger partial charge in [-0.1, -0.05) is 20.8 Å². The average molecular weight is 378 g/mol. The molecule has 1 fully saturated rings. The molecule has 3 rings (SSSR count). The van der Waals surface area contributed by atoms with Crippen molar-refractivity contribution in [3.8, 4) is 5.95 Å². The molecule has 0 bridgehead atoms. The fourth-order valence-corrected chi connectivity index (χ4v) is 2.98. The molecule has 0 aliphatic heterocycles. The van der Waals surface area contributed by atoms with Crippen LogP contribution in [0.1, 0.15) is 52.1 Å². The van der Waals surface area contributed by atoms with Crippen LogP contribution in [-0.4, -0.2) is 38.3 Å². The van der Waals surface area contributed by atoms with Gasteiger partial charge in [-0.05, 0) is 31.2 Å². The number of nitrogens with zero attached hydrogens (tertiary/aromatic N) is 4. The first-order valence-electron chi connectivity index (χ1n) is 9.40. The molecule has 2 aromatic rings. The highest BCUT2D eigenvalue weighted by Crippen LogP contribution is 2.34. The van der Waals surface area contributed by atoms with Crippen LogP contribution in [0.15, 0.2) is 18.3 Å². The number of halogens is 2. The number of hydrogen-bond acceptors (Lipinski definition) is 5. The fourth-order valence-electron chi connectivity index (χ4n) is 2.98. The lowest BCUT2D eigenvalue weighted by Crippen LogP contribution is -2.32. The van der Waals surface area contributed by atoms with Gasteiger partial charge >= 0.3 is 0 Å². The van der Waals surface area contributed by atoms with Crippen molar-refractivity contribution in [2.24, 2.45) is 5.41 Å². The summed E-state index contributed by atoms with van der Waals surface area (Å²) in [5.74, 6) is -0.779. The molecule has 1 aliphatic carbocycles. The second-order valence-corrected chi connectivity index (χ2v) is 8.53. The van der Waals surface area contributed by atoms with Crippen molar-refractivity contribution in [3.05, 3.63) is 24.0 Å². The van der Waals surface area contributed by atoms with Crippen LogP contribution in [0.25, 0.3) is 5.95 Å². The standard InChI is InChI=1S/C19H28F2N6/c1-13-7-10-27(26-13)17-24-15(22-12-18(2,3)4)11-16(25-17)23-14-5-8-19(20,21)9-6-14/h7,10-11,14H,5-6,8-9,12H2,1-4H3,(H2,22,23,24,25). The predicted octanol–water partition coefficient (Wildman–Crippen LogP) is 4.42. The second-order valence-electron chi connectivity index (χ2n) is 8.53. The van der Waals surface area contributed by atoms with Crippen LogP contribution >= 0.6 is 0 Å². The Balaban J connectivity index is 1.81. The summed E-state index contributed by atoms with van der Waals surface area (Å²) in [6.07, 6.45) is 2.49. The summed E-state index contributed by atoms with van der Waals surface area (Å²) in [5.41, 5.74) is 0.964. The van der Waals surface area contributed by atoms with E-state index < -0.39 is 5.92 Å². The smallest absolute Gasteiger partial charge is 0.254 e. The molecule has 0 spiro atoms. The largest absolute Gasteiger partial charge is 0.369 e. The van der Waals surface area contributed by atoms with E-state index in [-0.39, 0.29) is 24.3 Å². The molecule has 148 valence electrons. The molecular weight excluding hydrogens is 350 g/mol. The second kappa shape index (κ2) is 7.40. The first-order chi connectivity index (χ1) is 12.6. The van der Waals surface area contributed by atoms with E-state index >= 15 is 0 Å². The van der Waals surface area contributed by atoms with Crippen molar-refractivity contribution >= 4 is 11.6 Å². The van der Waals surface area contributed by atoms with Gasteiger partial charge in [0.1, 0.15) is 11.6 Å². The SMILES string of the molecule is Cc1ccn(-c2nc(NCC(C)(C)C)cc(NC3CCC(F)(F)CC3)n2)n1. The molecule has 0 atom stereocenters. The van der Waals surface area contributed by atoms with Crippen LogP contribution in [-0.2, 0) is 0 Å². The molecule has 1 saturated carbocycles. The van der Waals surface area contributed by atoms with Crippen molar-refractivity contribution in [3.63, 3.8) is 0 Å². The van der Waals surface area contributed by atoms with Gasteiger partial charge in [0.05, 0.1) is 5.69 Å². The third-order valence-electron chi connectivity index (χ3n) is 4.51. The quantitative estimate of drug-likeness (QED) is 0.806. The highest BCUT2D eigenvalue weighted by Gasteiger charge is 2.35. The Labute approximate surface area is 158 Å². The summed E-state index contributed by atoms with van der Waals surface area (Å²) in [5, 5.41) is 11.0. The summed E-state index contributed by atoms with van der Waals surface area (Å²) in [6, 6.07) is 3.70. The number of rotatable bonds is 5. The highest BCUT2D eigenvalue weighted by atomic mass is 19.3. The van der Waals surface area contributed by atoms with Gasteiger partial charge in [0, 0.05) is 37.7 Å². The monoisotopic (exact) mass is 378 g/mol. The Morgan fingerprint density at radius 2 is 1.85 bits per heavy atom. The Morgan fingerprint density at radius 3 is 2.44 bits per heavy atom. The van der Waals surface area contributed by atoms with E-state index in [0.717, 1.165) is 12.2 Å². The van der Waals surface area contributed by atoms with E-state index in [2.05, 4.69) is 46.5 Å². The Hall–Kier alpha value is -2.25. The number of aryl methyl sites for hydroxylation is 1. The zero-order chi connectivity index (χ0) is 19.7. The van der Waals surface area contributed by atoms with E-state index in [9.17, 15) is 8.78 Å². The molecule has 0 saturated heterocycles. The van der Waals surface area contributed by atoms with Crippen LogP contribution in [0.3, 0.4) is 0 Å². The highest BCUT2D eigenvalue weighted by molar-refractivity contribution is 5.50. The zero-order valence-electron chi connectivity index (χ0n) is 16.4. The maximum absolute atomic E-state index is 13.4. The lowest BCUT2D eigenvalue weighted by Gasteiger charge is -2.29. The van der Waals surface area contributed by atoms with Crippen molar-refractivity contribution in [1.82, 2.24) is 19.7 Å². The minimum atomic E-state index is -2.54. The summed E-state index contributed by atoms with van der Waals surface area (Å²) >= 11 is 0. The van der Waals surface area contributed by atoms with Crippen molar-refractivity contribution < 1.29 is 8.78 Å². The lowest BCUT2D eigenvalue weighted by molar-refractivity contribution is -0.0361. The molecule has 27 heavy (non-hydrogen) atoms. The molecule has 1 aliphatic rings. The van der Waals surface area contributed by atoms with E-state index in [1.54, 1.807) is 4.68 Å². The van der Waals surface area contributed by atoms with Crippen LogP contribution in [0.4, 0.5) is 20.4 Å². The van der Waals surface area contributed by atoms with Crippen molar-refractivity contribution in [2.75, 3.05) is 17.2 Å². The topological polar surface area (TPSA) is 67.7 Å². The van der Waals surface area contributed by atoms with Crippen molar-refractivity contribution in [2.45, 2.75) is 65.3 Å². The third kappa shape index (κ3) is 5.61. The van der Waals surface area contributed by atoms with Crippen LogP contribution < -0.4 is 10.6 Å². The minimum absolute atomic E-state index is 0.0119. The zero-order valence-corrected chi connectivity index (χ0v) is 16.4. The average Bonchev–Trinajstić information content (AvgIpc) is 3.01. The molecule has 0 unspecified atom stereocenters. The normalized spacial score (nSPS) is 17.7. The van der Waals surface area contributed by atoms with Gasteiger partial charge < -0.3 is 10.6 Å². The minimum Gasteiger partial charge on any atom is -0.369 e. The van der Waals surface area contributed by atoms with Gasteiger partial charge in [0.2, 0.25) is 5.92 Å².